The second-order valence-electron chi connectivity index (χ2n) is 7.90. The van der Waals surface area contributed by atoms with Crippen LogP contribution in [0.15, 0.2) is 52.7 Å². The van der Waals surface area contributed by atoms with E-state index in [0.717, 1.165) is 17.7 Å². The number of amides is 2. The van der Waals surface area contributed by atoms with E-state index in [0.29, 0.717) is 10.7 Å². The number of aromatic nitrogens is 1. The van der Waals surface area contributed by atoms with Crippen molar-refractivity contribution in [3.05, 3.63) is 64.5 Å². The Morgan fingerprint density at radius 3 is 2.58 bits per heavy atom. The first-order valence-electron chi connectivity index (χ1n) is 10.6. The highest BCUT2D eigenvalue weighted by atomic mass is 32.2. The van der Waals surface area contributed by atoms with Gasteiger partial charge in [0.2, 0.25) is 5.91 Å². The topological polar surface area (TPSA) is 105 Å². The molecule has 33 heavy (non-hydrogen) atoms. The number of aryl methyl sites for hydroxylation is 2. The zero-order valence-electron chi connectivity index (χ0n) is 19.0. The number of nitrogens with one attached hydrogen (secondary N) is 2. The number of hydrogen-bond donors (Lipinski definition) is 2. The first-order chi connectivity index (χ1) is 15.6. The molecule has 7 nitrogen and oxygen atoms in total. The smallest absolute Gasteiger partial charge is 0.251 e. The van der Waals surface area contributed by atoms with Crippen molar-refractivity contribution in [1.82, 2.24) is 10.3 Å². The van der Waals surface area contributed by atoms with Crippen LogP contribution in [0.25, 0.3) is 11.3 Å². The van der Waals surface area contributed by atoms with E-state index in [9.17, 15) is 18.0 Å². The normalized spacial score (nSPS) is 11.4. The summed E-state index contributed by atoms with van der Waals surface area (Å²) in [5.41, 5.74) is 3.70. The Morgan fingerprint density at radius 2 is 1.88 bits per heavy atom. The molecule has 3 aromatic rings. The van der Waals surface area contributed by atoms with Crippen LogP contribution in [0.5, 0.6) is 0 Å². The minimum atomic E-state index is -3.53. The summed E-state index contributed by atoms with van der Waals surface area (Å²) in [6.45, 7) is 6.69. The fourth-order valence-corrected chi connectivity index (χ4v) is 5.19. The van der Waals surface area contributed by atoms with Gasteiger partial charge in [0.05, 0.1) is 22.4 Å². The van der Waals surface area contributed by atoms with Gasteiger partial charge in [0.15, 0.2) is 15.0 Å². The van der Waals surface area contributed by atoms with Crippen molar-refractivity contribution < 1.29 is 18.0 Å². The molecular weight excluding hydrogens is 458 g/mol. The Hall–Kier alpha value is -3.04. The third-order valence-electron chi connectivity index (χ3n) is 5.17. The summed E-state index contributed by atoms with van der Waals surface area (Å²) in [6, 6.07) is 12.6. The lowest BCUT2D eigenvalue weighted by Gasteiger charge is -2.12. The lowest BCUT2D eigenvalue weighted by atomic mass is 10.1. The van der Waals surface area contributed by atoms with Gasteiger partial charge in [0.1, 0.15) is 0 Å². The van der Waals surface area contributed by atoms with Gasteiger partial charge < -0.3 is 10.6 Å². The van der Waals surface area contributed by atoms with Gasteiger partial charge in [-0.15, -0.1) is 11.3 Å². The third-order valence-corrected chi connectivity index (χ3v) is 8.22. The zero-order valence-corrected chi connectivity index (χ0v) is 20.6. The predicted octanol–water partition coefficient (Wildman–Crippen LogP) is 4.23. The molecule has 0 fully saturated rings. The van der Waals surface area contributed by atoms with Crippen LogP contribution in [0.2, 0.25) is 0 Å². The first-order valence-corrected chi connectivity index (χ1v) is 13.0. The van der Waals surface area contributed by atoms with Crippen molar-refractivity contribution in [3.8, 4) is 11.3 Å². The largest absolute Gasteiger partial charge is 0.343 e. The zero-order chi connectivity index (χ0) is 24.2. The number of sulfone groups is 1. The summed E-state index contributed by atoms with van der Waals surface area (Å²) in [7, 11) is -3.53. The van der Waals surface area contributed by atoms with E-state index in [1.54, 1.807) is 32.9 Å². The van der Waals surface area contributed by atoms with E-state index < -0.39 is 26.9 Å². The van der Waals surface area contributed by atoms with Crippen LogP contribution in [0, 0.1) is 6.92 Å². The Bertz CT molecular complexity index is 1280. The van der Waals surface area contributed by atoms with E-state index in [1.165, 1.54) is 23.0 Å². The van der Waals surface area contributed by atoms with Crippen LogP contribution < -0.4 is 10.6 Å². The van der Waals surface area contributed by atoms with E-state index in [4.69, 9.17) is 0 Å². The second-order valence-corrected chi connectivity index (χ2v) is 11.2. The number of carbonyl (C=O) groups is 2. The van der Waals surface area contributed by atoms with E-state index >= 15 is 0 Å². The van der Waals surface area contributed by atoms with Crippen LogP contribution >= 0.6 is 11.3 Å². The van der Waals surface area contributed by atoms with Gasteiger partial charge >= 0.3 is 0 Å². The molecule has 0 spiro atoms. The molecule has 2 N–H and O–H groups in total. The van der Waals surface area contributed by atoms with E-state index in [2.05, 4.69) is 34.7 Å². The molecule has 0 atom stereocenters. The van der Waals surface area contributed by atoms with Crippen LogP contribution in [0.1, 0.15) is 42.3 Å². The summed E-state index contributed by atoms with van der Waals surface area (Å²) in [4.78, 5) is 29.4. The van der Waals surface area contributed by atoms with Gasteiger partial charge in [-0.3, -0.25) is 9.59 Å². The summed E-state index contributed by atoms with van der Waals surface area (Å²) >= 11 is 1.30. The molecule has 2 aromatic carbocycles. The summed E-state index contributed by atoms with van der Waals surface area (Å²) < 4.78 is 25.1. The second kappa shape index (κ2) is 10.3. The fourth-order valence-electron chi connectivity index (χ4n) is 3.14. The molecule has 174 valence electrons. The summed E-state index contributed by atoms with van der Waals surface area (Å²) in [5.74, 6) is -0.949. The lowest BCUT2D eigenvalue weighted by molar-refractivity contribution is -0.115. The van der Waals surface area contributed by atoms with Gasteiger partial charge in [-0.05, 0) is 56.5 Å². The first kappa shape index (κ1) is 24.6. The van der Waals surface area contributed by atoms with Gasteiger partial charge in [0, 0.05) is 16.5 Å². The number of hydrogen-bond acceptors (Lipinski definition) is 6. The molecule has 0 aliphatic rings. The molecule has 0 radical (unpaired) electrons. The van der Waals surface area contributed by atoms with Crippen LogP contribution in [0.4, 0.5) is 5.13 Å². The van der Waals surface area contributed by atoms with E-state index in [1.807, 2.05) is 17.5 Å². The average Bonchev–Trinajstić information content (AvgIpc) is 3.26. The van der Waals surface area contributed by atoms with Crippen molar-refractivity contribution in [1.29, 1.82) is 0 Å². The monoisotopic (exact) mass is 485 g/mol. The van der Waals surface area contributed by atoms with Gasteiger partial charge in [-0.2, -0.15) is 0 Å². The molecule has 0 bridgehead atoms. The maximum Gasteiger partial charge on any atom is 0.251 e. The standard InChI is InChI=1S/C24H27N3O4S2/c1-5-17-7-6-8-18(11-17)20-14-32-24(26-20)27-22(28)13-25-23(29)19-10-9-16(4)21(12-19)33(30,31)15(2)3/h6-12,14-15H,5,13H2,1-4H3,(H,25,29)(H,26,27,28). The predicted molar refractivity (Wildman–Crippen MR) is 131 cm³/mol. The minimum absolute atomic E-state index is 0.122. The quantitative estimate of drug-likeness (QED) is 0.497. The molecule has 0 aliphatic heterocycles. The molecule has 3 rings (SSSR count). The highest BCUT2D eigenvalue weighted by molar-refractivity contribution is 7.92. The van der Waals surface area contributed by atoms with Crippen LogP contribution in [-0.2, 0) is 21.1 Å². The van der Waals surface area contributed by atoms with Crippen molar-refractivity contribution in [2.45, 2.75) is 44.3 Å². The summed E-state index contributed by atoms with van der Waals surface area (Å²) in [5, 5.41) is 6.92. The summed E-state index contributed by atoms with van der Waals surface area (Å²) in [6.07, 6.45) is 0.924. The Morgan fingerprint density at radius 1 is 1.12 bits per heavy atom. The fraction of sp³-hybridized carbons (Fsp3) is 0.292. The maximum absolute atomic E-state index is 12.5. The molecule has 0 unspecified atom stereocenters. The molecule has 9 heteroatoms. The van der Waals surface area contributed by atoms with Gasteiger partial charge in [-0.1, -0.05) is 31.2 Å². The average molecular weight is 486 g/mol. The van der Waals surface area contributed by atoms with Crippen LogP contribution in [-0.4, -0.2) is 37.0 Å². The number of nitrogens with zero attached hydrogens (tertiary/aromatic N) is 1. The molecule has 0 saturated heterocycles. The minimum Gasteiger partial charge on any atom is -0.343 e. The Kier molecular flexibility index (Phi) is 7.65. The highest BCUT2D eigenvalue weighted by Crippen LogP contribution is 2.26. The van der Waals surface area contributed by atoms with E-state index in [-0.39, 0.29) is 17.0 Å². The molecule has 0 aliphatic carbocycles. The van der Waals surface area contributed by atoms with Crippen molar-refractivity contribution in [2.75, 3.05) is 11.9 Å². The Labute approximate surface area is 198 Å². The maximum atomic E-state index is 12.5. The molecular formula is C24H27N3O4S2. The number of anilines is 1. The number of carbonyl (C=O) groups excluding carboxylic acids is 2. The van der Waals surface area contributed by atoms with Crippen molar-refractivity contribution in [3.63, 3.8) is 0 Å². The molecule has 1 heterocycles. The SMILES string of the molecule is CCc1cccc(-c2csc(NC(=O)CNC(=O)c3ccc(C)c(S(=O)(=O)C(C)C)c3)n2)c1. The third kappa shape index (κ3) is 5.85. The molecule has 1 aromatic heterocycles. The number of benzene rings is 2. The molecule has 0 saturated carbocycles. The van der Waals surface area contributed by atoms with Crippen molar-refractivity contribution >= 4 is 38.1 Å². The Balaban J connectivity index is 1.63. The highest BCUT2D eigenvalue weighted by Gasteiger charge is 2.23. The van der Waals surface area contributed by atoms with Crippen LogP contribution in [0.3, 0.4) is 0 Å². The molecule has 2 amide bonds. The lowest BCUT2D eigenvalue weighted by Crippen LogP contribution is -2.33. The number of rotatable bonds is 8. The number of thiazole rings is 1. The van der Waals surface area contributed by atoms with Gasteiger partial charge in [0.25, 0.3) is 5.91 Å². The van der Waals surface area contributed by atoms with Gasteiger partial charge in [-0.25, -0.2) is 13.4 Å². The van der Waals surface area contributed by atoms with Crippen molar-refractivity contribution in [2.24, 2.45) is 0 Å².